The molecule has 5 heteroatoms. The number of nitro groups is 1. The highest BCUT2D eigenvalue weighted by Gasteiger charge is 2.19. The Morgan fingerprint density at radius 3 is 2.73 bits per heavy atom. The van der Waals surface area contributed by atoms with E-state index in [-0.39, 0.29) is 0 Å². The summed E-state index contributed by atoms with van der Waals surface area (Å²) in [5, 5.41) is 9.65. The van der Waals surface area contributed by atoms with Gasteiger partial charge in [0.1, 0.15) is 5.83 Å². The smallest absolute Gasteiger partial charge is 0.262 e. The first-order chi connectivity index (χ1) is 5.07. The highest BCUT2D eigenvalue weighted by Crippen LogP contribution is 2.09. The fourth-order valence-electron chi connectivity index (χ4n) is 0.431. The third-order valence-corrected chi connectivity index (χ3v) is 0.891. The Hall–Kier alpha value is -1.26. The number of allylic oxidation sites excluding steroid dienone is 2. The van der Waals surface area contributed by atoms with Gasteiger partial charge >= 0.3 is 6.30 Å². The van der Waals surface area contributed by atoms with Gasteiger partial charge in [-0.05, 0) is 6.08 Å². The van der Waals surface area contributed by atoms with Crippen LogP contribution in [-0.2, 0) is 0 Å². The van der Waals surface area contributed by atoms with Crippen LogP contribution in [0, 0.1) is 10.1 Å². The van der Waals surface area contributed by atoms with E-state index in [1.165, 1.54) is 0 Å². The monoisotopic (exact) mass is 163 g/mol. The SMILES string of the molecule is C=C/C=C(/F)CC(F)[N+](=O)[O-]. The Morgan fingerprint density at radius 1 is 1.82 bits per heavy atom. The van der Waals surface area contributed by atoms with Crippen LogP contribution in [0.4, 0.5) is 8.78 Å². The zero-order valence-corrected chi connectivity index (χ0v) is 5.67. The van der Waals surface area contributed by atoms with Gasteiger partial charge in [0.15, 0.2) is 0 Å². The minimum Gasteiger partial charge on any atom is -0.262 e. The van der Waals surface area contributed by atoms with Crippen molar-refractivity contribution in [2.24, 2.45) is 0 Å². The topological polar surface area (TPSA) is 43.1 Å². The molecule has 0 aliphatic rings. The molecular weight excluding hydrogens is 156 g/mol. The van der Waals surface area contributed by atoms with Gasteiger partial charge in [-0.3, -0.25) is 10.1 Å². The van der Waals surface area contributed by atoms with Crippen LogP contribution >= 0.6 is 0 Å². The molecule has 0 aromatic carbocycles. The van der Waals surface area contributed by atoms with Crippen molar-refractivity contribution in [3.8, 4) is 0 Å². The zero-order valence-electron chi connectivity index (χ0n) is 5.67. The lowest BCUT2D eigenvalue weighted by atomic mass is 10.3. The van der Waals surface area contributed by atoms with Crippen LogP contribution in [0.1, 0.15) is 6.42 Å². The number of halogens is 2. The van der Waals surface area contributed by atoms with Gasteiger partial charge in [-0.15, -0.1) is 0 Å². The fraction of sp³-hybridized carbons (Fsp3) is 0.333. The van der Waals surface area contributed by atoms with Crippen molar-refractivity contribution in [2.45, 2.75) is 12.7 Å². The largest absolute Gasteiger partial charge is 0.356 e. The maximum atomic E-state index is 12.3. The molecule has 0 aromatic heterocycles. The molecule has 0 fully saturated rings. The molecule has 62 valence electrons. The Labute approximate surface area is 62.2 Å². The molecule has 0 radical (unpaired) electrons. The minimum atomic E-state index is -2.37. The lowest BCUT2D eigenvalue weighted by Crippen LogP contribution is -2.12. The van der Waals surface area contributed by atoms with Crippen molar-refractivity contribution in [1.82, 2.24) is 0 Å². The first-order valence-corrected chi connectivity index (χ1v) is 2.82. The summed E-state index contributed by atoms with van der Waals surface area (Å²) in [5.41, 5.74) is 0. The maximum Gasteiger partial charge on any atom is 0.356 e. The van der Waals surface area contributed by atoms with E-state index < -0.39 is 23.5 Å². The Bertz CT molecular complexity index is 191. The fourth-order valence-corrected chi connectivity index (χ4v) is 0.431. The van der Waals surface area contributed by atoms with Gasteiger partial charge in [0.25, 0.3) is 0 Å². The molecule has 0 aliphatic carbocycles. The van der Waals surface area contributed by atoms with Gasteiger partial charge in [0, 0.05) is 0 Å². The minimum absolute atomic E-state index is 0.834. The van der Waals surface area contributed by atoms with Gasteiger partial charge < -0.3 is 0 Å². The van der Waals surface area contributed by atoms with Crippen molar-refractivity contribution >= 4 is 0 Å². The second-order valence-corrected chi connectivity index (χ2v) is 1.77. The molecular formula is C6H7F2NO2. The van der Waals surface area contributed by atoms with Crippen LogP contribution in [-0.4, -0.2) is 11.2 Å². The van der Waals surface area contributed by atoms with Crippen molar-refractivity contribution in [3.05, 3.63) is 34.7 Å². The molecule has 0 saturated heterocycles. The van der Waals surface area contributed by atoms with Crippen LogP contribution < -0.4 is 0 Å². The summed E-state index contributed by atoms with van der Waals surface area (Å²) in [5.74, 6) is -0.885. The van der Waals surface area contributed by atoms with Crippen LogP contribution in [0.2, 0.25) is 0 Å². The van der Waals surface area contributed by atoms with E-state index in [1.54, 1.807) is 0 Å². The quantitative estimate of drug-likeness (QED) is 0.275. The summed E-state index contributed by atoms with van der Waals surface area (Å²) >= 11 is 0. The van der Waals surface area contributed by atoms with E-state index in [2.05, 4.69) is 6.58 Å². The second-order valence-electron chi connectivity index (χ2n) is 1.77. The van der Waals surface area contributed by atoms with E-state index in [4.69, 9.17) is 0 Å². The molecule has 0 spiro atoms. The summed E-state index contributed by atoms with van der Waals surface area (Å²) < 4.78 is 24.3. The van der Waals surface area contributed by atoms with Crippen LogP contribution in [0.25, 0.3) is 0 Å². The van der Waals surface area contributed by atoms with E-state index in [0.29, 0.717) is 0 Å². The van der Waals surface area contributed by atoms with Crippen molar-refractivity contribution in [1.29, 1.82) is 0 Å². The number of rotatable bonds is 4. The van der Waals surface area contributed by atoms with Crippen LogP contribution in [0.3, 0.4) is 0 Å². The molecule has 11 heavy (non-hydrogen) atoms. The first-order valence-electron chi connectivity index (χ1n) is 2.82. The zero-order chi connectivity index (χ0) is 8.85. The van der Waals surface area contributed by atoms with Crippen molar-refractivity contribution in [2.75, 3.05) is 0 Å². The Balaban J connectivity index is 3.94. The van der Waals surface area contributed by atoms with Gasteiger partial charge in [0.2, 0.25) is 0 Å². The molecule has 0 aromatic rings. The molecule has 0 aliphatic heterocycles. The molecule has 0 heterocycles. The summed E-state index contributed by atoms with van der Waals surface area (Å²) in [6.45, 7) is 3.14. The molecule has 0 rings (SSSR count). The molecule has 0 bridgehead atoms. The lowest BCUT2D eigenvalue weighted by molar-refractivity contribution is -0.553. The molecule has 1 atom stereocenters. The summed E-state index contributed by atoms with van der Waals surface area (Å²) in [6, 6.07) is 0. The third-order valence-electron chi connectivity index (χ3n) is 0.891. The number of nitrogens with zero attached hydrogens (tertiary/aromatic N) is 1. The Kier molecular flexibility index (Phi) is 4.02. The first kappa shape index (κ1) is 9.74. The number of hydrogen-bond acceptors (Lipinski definition) is 2. The summed E-state index contributed by atoms with van der Waals surface area (Å²) in [7, 11) is 0. The normalized spacial score (nSPS) is 14.2. The van der Waals surface area contributed by atoms with Crippen molar-refractivity contribution < 1.29 is 13.7 Å². The number of alkyl halides is 1. The van der Waals surface area contributed by atoms with E-state index in [1.807, 2.05) is 0 Å². The van der Waals surface area contributed by atoms with Crippen molar-refractivity contribution in [3.63, 3.8) is 0 Å². The van der Waals surface area contributed by atoms with Crippen LogP contribution in [0.15, 0.2) is 24.6 Å². The Morgan fingerprint density at radius 2 is 2.36 bits per heavy atom. The predicted octanol–water partition coefficient (Wildman–Crippen LogP) is 1.99. The molecule has 1 unspecified atom stereocenters. The van der Waals surface area contributed by atoms with Gasteiger partial charge in [-0.25, -0.2) is 4.39 Å². The van der Waals surface area contributed by atoms with E-state index in [0.717, 1.165) is 12.2 Å². The molecule has 3 nitrogen and oxygen atoms in total. The molecule has 0 N–H and O–H groups in total. The average molecular weight is 163 g/mol. The predicted molar refractivity (Wildman–Crippen MR) is 35.9 cm³/mol. The summed E-state index contributed by atoms with van der Waals surface area (Å²) in [6.07, 6.45) is -1.22. The van der Waals surface area contributed by atoms with Gasteiger partial charge in [0.05, 0.1) is 11.3 Å². The van der Waals surface area contributed by atoms with E-state index in [9.17, 15) is 18.9 Å². The summed E-state index contributed by atoms with van der Waals surface area (Å²) in [4.78, 5) is 8.47. The highest BCUT2D eigenvalue weighted by atomic mass is 19.1. The highest BCUT2D eigenvalue weighted by molar-refractivity contribution is 5.03. The van der Waals surface area contributed by atoms with Crippen LogP contribution in [0.5, 0.6) is 0 Å². The molecule has 0 saturated carbocycles. The maximum absolute atomic E-state index is 12.3. The second kappa shape index (κ2) is 4.54. The average Bonchev–Trinajstić information content (AvgIpc) is 1.87. The molecule has 0 amide bonds. The van der Waals surface area contributed by atoms with Gasteiger partial charge in [-0.2, -0.15) is 4.39 Å². The third kappa shape index (κ3) is 4.19. The van der Waals surface area contributed by atoms with Gasteiger partial charge in [-0.1, -0.05) is 12.7 Å². The number of hydrogen-bond donors (Lipinski definition) is 0. The van der Waals surface area contributed by atoms with E-state index >= 15 is 0 Å². The lowest BCUT2D eigenvalue weighted by Gasteiger charge is -1.95. The standard InChI is InChI=1S/C6H7F2NO2/c1-2-3-5(7)4-6(8)9(10)11/h2-3,6H,1,4H2/b5-3+.